The van der Waals surface area contributed by atoms with Crippen molar-refractivity contribution < 1.29 is 29.8 Å². The van der Waals surface area contributed by atoms with E-state index in [2.05, 4.69) is 27.7 Å². The lowest BCUT2D eigenvalue weighted by molar-refractivity contribution is 0.0633. The van der Waals surface area contributed by atoms with Gasteiger partial charge >= 0.3 is 15.4 Å². The number of aliphatic hydroxyl groups is 2. The van der Waals surface area contributed by atoms with Crippen molar-refractivity contribution in [3.63, 3.8) is 0 Å². The Balaban J connectivity index is 0.000000222. The molecule has 2 unspecified atom stereocenters. The maximum atomic E-state index is 10.1. The van der Waals surface area contributed by atoms with Gasteiger partial charge in [0.1, 0.15) is 0 Å². The molecule has 6 nitrogen and oxygen atoms in total. The van der Waals surface area contributed by atoms with Gasteiger partial charge in [-0.3, -0.25) is 0 Å². The van der Waals surface area contributed by atoms with Gasteiger partial charge in [-0.1, -0.05) is 100 Å². The van der Waals surface area contributed by atoms with Gasteiger partial charge in [-0.25, -0.2) is 19.6 Å². The highest BCUT2D eigenvalue weighted by Gasteiger charge is 2.40. The van der Waals surface area contributed by atoms with Crippen molar-refractivity contribution >= 4 is 36.7 Å². The second-order valence-corrected chi connectivity index (χ2v) is 15.2. The molecule has 0 aliphatic heterocycles. The standard InChI is InChI=1S/2C12H12O2P.C10H22O2/c2*13-15(14,11-7-3-1-4-8-11)12-9-5-2-6-10-12;1-7(2)9(5-11)10(6-12)8(3)4/h2*1-10,13-14H;7-12H,5-6H2,1-4H3/q2*+1;. The van der Waals surface area contributed by atoms with Crippen molar-refractivity contribution in [1.82, 2.24) is 0 Å². The Morgan fingerprint density at radius 1 is 0.405 bits per heavy atom. The summed E-state index contributed by atoms with van der Waals surface area (Å²) in [7, 11) is -6.29. The molecule has 2 atom stereocenters. The summed E-state index contributed by atoms with van der Waals surface area (Å²) in [5.41, 5.74) is 0. The van der Waals surface area contributed by atoms with E-state index < -0.39 is 15.4 Å². The molecule has 0 amide bonds. The molecule has 0 saturated heterocycles. The highest BCUT2D eigenvalue weighted by atomic mass is 31.2. The van der Waals surface area contributed by atoms with Crippen LogP contribution in [-0.2, 0) is 0 Å². The second kappa shape index (κ2) is 17.6. The maximum absolute atomic E-state index is 10.1. The van der Waals surface area contributed by atoms with Gasteiger partial charge in [0.25, 0.3) is 0 Å². The number of hydrogen-bond donors (Lipinski definition) is 6. The van der Waals surface area contributed by atoms with E-state index in [-0.39, 0.29) is 25.0 Å². The Hall–Kier alpha value is -2.50. The molecule has 0 radical (unpaired) electrons. The molecule has 0 aliphatic carbocycles. The fourth-order valence-corrected chi connectivity index (χ4v) is 7.47. The van der Waals surface area contributed by atoms with E-state index in [4.69, 9.17) is 10.2 Å². The molecule has 0 aliphatic rings. The molecule has 226 valence electrons. The fourth-order valence-electron chi connectivity index (χ4n) is 4.52. The zero-order valence-corrected chi connectivity index (χ0v) is 26.6. The lowest BCUT2D eigenvalue weighted by Crippen LogP contribution is -2.30. The van der Waals surface area contributed by atoms with E-state index in [1.807, 2.05) is 24.3 Å². The minimum Gasteiger partial charge on any atom is -0.396 e. The number of benzene rings is 4. The van der Waals surface area contributed by atoms with Crippen molar-refractivity contribution in [2.45, 2.75) is 27.7 Å². The van der Waals surface area contributed by atoms with Crippen molar-refractivity contribution in [3.05, 3.63) is 121 Å². The van der Waals surface area contributed by atoms with Gasteiger partial charge in [0, 0.05) is 13.2 Å². The van der Waals surface area contributed by atoms with Crippen LogP contribution in [0.1, 0.15) is 27.7 Å². The lowest BCUT2D eigenvalue weighted by Gasteiger charge is -2.30. The normalized spacial score (nSPS) is 13.0. The van der Waals surface area contributed by atoms with Crippen LogP contribution >= 0.6 is 15.4 Å². The highest BCUT2D eigenvalue weighted by molar-refractivity contribution is 7.79. The summed E-state index contributed by atoms with van der Waals surface area (Å²) < 4.78 is 0. The molecule has 0 fully saturated rings. The third-order valence-corrected chi connectivity index (χ3v) is 11.2. The monoisotopic (exact) mass is 612 g/mol. The highest BCUT2D eigenvalue weighted by Crippen LogP contribution is 2.47. The Bertz CT molecular complexity index is 1070. The molecule has 0 heterocycles. The smallest absolute Gasteiger partial charge is 0.333 e. The van der Waals surface area contributed by atoms with Gasteiger partial charge in [0.05, 0.1) is 0 Å². The van der Waals surface area contributed by atoms with Crippen LogP contribution in [0.3, 0.4) is 0 Å². The molecule has 8 heteroatoms. The van der Waals surface area contributed by atoms with Crippen molar-refractivity contribution in [2.75, 3.05) is 13.2 Å². The summed E-state index contributed by atoms with van der Waals surface area (Å²) in [5.74, 6) is 1.34. The molecule has 4 aromatic rings. The Morgan fingerprint density at radius 3 is 0.738 bits per heavy atom. The molecular formula is C34H46O6P2+2. The third-order valence-electron chi connectivity index (χ3n) is 7.15. The van der Waals surface area contributed by atoms with Crippen LogP contribution < -0.4 is 21.2 Å². The van der Waals surface area contributed by atoms with Gasteiger partial charge in [-0.2, -0.15) is 0 Å². The van der Waals surface area contributed by atoms with E-state index in [0.717, 1.165) is 0 Å². The summed E-state index contributed by atoms with van der Waals surface area (Å²) in [4.78, 5) is 40.5. The minimum absolute atomic E-state index is 0.182. The van der Waals surface area contributed by atoms with Crippen molar-refractivity contribution in [3.8, 4) is 0 Å². The third kappa shape index (κ3) is 10.3. The first-order valence-corrected chi connectivity index (χ1v) is 17.5. The van der Waals surface area contributed by atoms with Crippen LogP contribution in [0.4, 0.5) is 0 Å². The van der Waals surface area contributed by atoms with Crippen LogP contribution in [-0.4, -0.2) is 43.0 Å². The molecule has 4 aromatic carbocycles. The van der Waals surface area contributed by atoms with Gasteiger partial charge in [-0.15, -0.1) is 0 Å². The van der Waals surface area contributed by atoms with Gasteiger partial charge in [-0.05, 0) is 72.2 Å². The van der Waals surface area contributed by atoms with E-state index in [1.54, 1.807) is 97.1 Å². The lowest BCUT2D eigenvalue weighted by atomic mass is 9.78. The Kier molecular flexibility index (Phi) is 14.9. The van der Waals surface area contributed by atoms with Crippen LogP contribution in [0, 0.1) is 23.7 Å². The summed E-state index contributed by atoms with van der Waals surface area (Å²) in [6, 6.07) is 35.8. The average Bonchev–Trinajstić information content (AvgIpc) is 3.01. The van der Waals surface area contributed by atoms with Gasteiger partial charge in [0.2, 0.25) is 0 Å². The summed E-state index contributed by atoms with van der Waals surface area (Å²) in [6.45, 7) is 8.72. The first-order valence-electron chi connectivity index (χ1n) is 14.1. The fraction of sp³-hybridized carbons (Fsp3) is 0.294. The number of aliphatic hydroxyl groups excluding tert-OH is 2. The number of hydrogen-bond acceptors (Lipinski definition) is 6. The topological polar surface area (TPSA) is 121 Å². The zero-order chi connectivity index (χ0) is 31.2. The van der Waals surface area contributed by atoms with Crippen LogP contribution in [0.25, 0.3) is 0 Å². The van der Waals surface area contributed by atoms with E-state index in [0.29, 0.717) is 33.1 Å². The zero-order valence-electron chi connectivity index (χ0n) is 24.8. The number of rotatable bonds is 9. The summed E-state index contributed by atoms with van der Waals surface area (Å²) >= 11 is 0. The largest absolute Gasteiger partial charge is 0.396 e. The summed E-state index contributed by atoms with van der Waals surface area (Å²) in [5, 5.41) is 20.6. The first kappa shape index (κ1) is 35.7. The van der Waals surface area contributed by atoms with E-state index >= 15 is 0 Å². The minimum atomic E-state index is -3.15. The Morgan fingerprint density at radius 2 is 0.595 bits per heavy atom. The van der Waals surface area contributed by atoms with Gasteiger partial charge < -0.3 is 10.2 Å². The van der Waals surface area contributed by atoms with E-state index in [1.165, 1.54) is 0 Å². The predicted molar refractivity (Wildman–Crippen MR) is 178 cm³/mol. The maximum Gasteiger partial charge on any atom is 0.333 e. The van der Waals surface area contributed by atoms with Crippen LogP contribution in [0.15, 0.2) is 121 Å². The van der Waals surface area contributed by atoms with Crippen molar-refractivity contribution in [2.24, 2.45) is 23.7 Å². The van der Waals surface area contributed by atoms with Crippen LogP contribution in [0.2, 0.25) is 0 Å². The molecule has 0 aromatic heterocycles. The SMILES string of the molecule is CC(C)C(CO)C(CO)C(C)C.O[P+](O)(c1ccccc1)c1ccccc1.O[P+](O)(c1ccccc1)c1ccccc1. The molecule has 0 spiro atoms. The van der Waals surface area contributed by atoms with E-state index in [9.17, 15) is 19.6 Å². The van der Waals surface area contributed by atoms with Crippen LogP contribution in [0.5, 0.6) is 0 Å². The molecular weight excluding hydrogens is 566 g/mol. The molecule has 0 bridgehead atoms. The second-order valence-electron chi connectivity index (χ2n) is 10.7. The first-order chi connectivity index (χ1) is 20.0. The predicted octanol–water partition coefficient (Wildman–Crippen LogP) is 4.45. The van der Waals surface area contributed by atoms with Crippen molar-refractivity contribution in [1.29, 1.82) is 0 Å². The average molecular weight is 613 g/mol. The Labute approximate surface area is 252 Å². The van der Waals surface area contributed by atoms with Gasteiger partial charge in [0.15, 0.2) is 21.2 Å². The molecule has 4 rings (SSSR count). The molecule has 6 N–H and O–H groups in total. The molecule has 0 saturated carbocycles. The quantitative estimate of drug-likeness (QED) is 0.155. The molecule has 42 heavy (non-hydrogen) atoms. The summed E-state index contributed by atoms with van der Waals surface area (Å²) in [6.07, 6.45) is 0.